The first-order valence-corrected chi connectivity index (χ1v) is 6.92. The standard InChI is InChI=1S/C16H25NO3/c1-16(2,3)17(15(18)20-13-12-19-4)11-10-14-8-6-5-7-9-14/h5-9H,10-13H2,1-4H3. The lowest BCUT2D eigenvalue weighted by Gasteiger charge is -2.34. The van der Waals surface area contributed by atoms with Crippen molar-refractivity contribution in [2.24, 2.45) is 0 Å². The molecule has 0 bridgehead atoms. The third-order valence-corrected chi connectivity index (χ3v) is 3.01. The molecule has 20 heavy (non-hydrogen) atoms. The average molecular weight is 279 g/mol. The van der Waals surface area contributed by atoms with Crippen molar-refractivity contribution in [1.29, 1.82) is 0 Å². The Labute approximate surface area is 121 Å². The Morgan fingerprint density at radius 1 is 1.15 bits per heavy atom. The van der Waals surface area contributed by atoms with Crippen LogP contribution in [0, 0.1) is 0 Å². The summed E-state index contributed by atoms with van der Waals surface area (Å²) in [6.45, 7) is 7.37. The number of methoxy groups -OCH3 is 1. The maximum atomic E-state index is 12.1. The topological polar surface area (TPSA) is 38.8 Å². The number of benzene rings is 1. The van der Waals surface area contributed by atoms with Gasteiger partial charge in [-0.2, -0.15) is 0 Å². The van der Waals surface area contributed by atoms with Gasteiger partial charge in [-0.25, -0.2) is 4.79 Å². The molecule has 0 spiro atoms. The summed E-state index contributed by atoms with van der Waals surface area (Å²) in [5.41, 5.74) is 0.949. The summed E-state index contributed by atoms with van der Waals surface area (Å²) in [5, 5.41) is 0. The Hall–Kier alpha value is -1.55. The summed E-state index contributed by atoms with van der Waals surface area (Å²) in [7, 11) is 1.59. The van der Waals surface area contributed by atoms with Crippen molar-refractivity contribution in [3.63, 3.8) is 0 Å². The number of ether oxygens (including phenoxy) is 2. The molecule has 0 aromatic heterocycles. The SMILES string of the molecule is COCCOC(=O)N(CCc1ccccc1)C(C)(C)C. The average Bonchev–Trinajstić information content (AvgIpc) is 2.39. The zero-order valence-electron chi connectivity index (χ0n) is 12.9. The highest BCUT2D eigenvalue weighted by Crippen LogP contribution is 2.16. The molecular formula is C16H25NO3. The number of nitrogens with zero attached hydrogens (tertiary/aromatic N) is 1. The molecule has 4 nitrogen and oxygen atoms in total. The van der Waals surface area contributed by atoms with Crippen molar-refractivity contribution in [2.75, 3.05) is 26.9 Å². The molecule has 0 atom stereocenters. The van der Waals surface area contributed by atoms with E-state index in [1.54, 1.807) is 12.0 Å². The molecule has 0 radical (unpaired) electrons. The lowest BCUT2D eigenvalue weighted by atomic mass is 10.1. The first-order chi connectivity index (χ1) is 9.45. The minimum absolute atomic E-state index is 0.265. The van der Waals surface area contributed by atoms with E-state index in [2.05, 4.69) is 12.1 Å². The lowest BCUT2D eigenvalue weighted by molar-refractivity contribution is 0.0487. The number of amides is 1. The van der Waals surface area contributed by atoms with Crippen LogP contribution in [0.1, 0.15) is 26.3 Å². The number of carbonyl (C=O) groups excluding carboxylic acids is 1. The van der Waals surface area contributed by atoms with Crippen LogP contribution in [0.15, 0.2) is 30.3 Å². The predicted molar refractivity (Wildman–Crippen MR) is 79.8 cm³/mol. The molecule has 0 aliphatic heterocycles. The highest BCUT2D eigenvalue weighted by atomic mass is 16.6. The highest BCUT2D eigenvalue weighted by molar-refractivity contribution is 5.68. The van der Waals surface area contributed by atoms with Gasteiger partial charge in [0.2, 0.25) is 0 Å². The van der Waals surface area contributed by atoms with Crippen LogP contribution < -0.4 is 0 Å². The molecule has 1 rings (SSSR count). The van der Waals surface area contributed by atoms with Gasteiger partial charge in [0.1, 0.15) is 6.61 Å². The van der Waals surface area contributed by atoms with Crippen LogP contribution in [-0.4, -0.2) is 43.4 Å². The van der Waals surface area contributed by atoms with Gasteiger partial charge < -0.3 is 14.4 Å². The minimum atomic E-state index is -0.287. The fraction of sp³-hybridized carbons (Fsp3) is 0.562. The van der Waals surface area contributed by atoms with Crippen LogP contribution in [0.25, 0.3) is 0 Å². The Morgan fingerprint density at radius 3 is 2.35 bits per heavy atom. The van der Waals surface area contributed by atoms with Crippen molar-refractivity contribution in [3.8, 4) is 0 Å². The Bertz CT molecular complexity index is 398. The highest BCUT2D eigenvalue weighted by Gasteiger charge is 2.27. The predicted octanol–water partition coefficient (Wildman–Crippen LogP) is 3.11. The van der Waals surface area contributed by atoms with Crippen LogP contribution >= 0.6 is 0 Å². The van der Waals surface area contributed by atoms with Crippen molar-refractivity contribution in [3.05, 3.63) is 35.9 Å². The van der Waals surface area contributed by atoms with Crippen LogP contribution in [0.5, 0.6) is 0 Å². The molecule has 1 amide bonds. The molecule has 0 aliphatic rings. The summed E-state index contributed by atoms with van der Waals surface area (Å²) in [5.74, 6) is 0. The smallest absolute Gasteiger partial charge is 0.410 e. The fourth-order valence-corrected chi connectivity index (χ4v) is 1.88. The molecule has 0 saturated heterocycles. The van der Waals surface area contributed by atoms with E-state index >= 15 is 0 Å². The van der Waals surface area contributed by atoms with Gasteiger partial charge in [-0.3, -0.25) is 0 Å². The van der Waals surface area contributed by atoms with E-state index in [-0.39, 0.29) is 18.2 Å². The third-order valence-electron chi connectivity index (χ3n) is 3.01. The third kappa shape index (κ3) is 5.61. The van der Waals surface area contributed by atoms with Gasteiger partial charge in [0.15, 0.2) is 0 Å². The monoisotopic (exact) mass is 279 g/mol. The lowest BCUT2D eigenvalue weighted by Crippen LogP contribution is -2.47. The molecule has 0 saturated carbocycles. The molecule has 1 aromatic rings. The maximum Gasteiger partial charge on any atom is 0.410 e. The van der Waals surface area contributed by atoms with Gasteiger partial charge in [0, 0.05) is 19.2 Å². The van der Waals surface area contributed by atoms with E-state index in [0.29, 0.717) is 13.2 Å². The van der Waals surface area contributed by atoms with Gasteiger partial charge in [-0.15, -0.1) is 0 Å². The summed E-state index contributed by atoms with van der Waals surface area (Å²) in [6.07, 6.45) is 0.530. The van der Waals surface area contributed by atoms with Gasteiger partial charge >= 0.3 is 6.09 Å². The van der Waals surface area contributed by atoms with Crippen LogP contribution in [0.2, 0.25) is 0 Å². The number of hydrogen-bond acceptors (Lipinski definition) is 3. The second kappa shape index (κ2) is 7.90. The number of rotatable bonds is 6. The Balaban J connectivity index is 2.58. The Morgan fingerprint density at radius 2 is 1.80 bits per heavy atom. The number of carbonyl (C=O) groups is 1. The van der Waals surface area contributed by atoms with E-state index < -0.39 is 0 Å². The zero-order chi connectivity index (χ0) is 15.0. The van der Waals surface area contributed by atoms with Crippen molar-refractivity contribution < 1.29 is 14.3 Å². The van der Waals surface area contributed by atoms with Crippen LogP contribution in [0.3, 0.4) is 0 Å². The molecule has 0 fully saturated rings. The van der Waals surface area contributed by atoms with Gasteiger partial charge in [-0.1, -0.05) is 30.3 Å². The molecule has 0 heterocycles. The molecule has 0 aliphatic carbocycles. The van der Waals surface area contributed by atoms with Gasteiger partial charge in [-0.05, 0) is 32.8 Å². The largest absolute Gasteiger partial charge is 0.447 e. The van der Waals surface area contributed by atoms with Crippen LogP contribution in [-0.2, 0) is 15.9 Å². The fourth-order valence-electron chi connectivity index (χ4n) is 1.88. The van der Waals surface area contributed by atoms with Crippen LogP contribution in [0.4, 0.5) is 4.79 Å². The maximum absolute atomic E-state index is 12.1. The zero-order valence-corrected chi connectivity index (χ0v) is 12.9. The van der Waals surface area contributed by atoms with Gasteiger partial charge in [0.25, 0.3) is 0 Å². The number of hydrogen-bond donors (Lipinski definition) is 0. The molecular weight excluding hydrogens is 254 g/mol. The minimum Gasteiger partial charge on any atom is -0.447 e. The Kier molecular flexibility index (Phi) is 6.52. The van der Waals surface area contributed by atoms with E-state index in [1.807, 2.05) is 39.0 Å². The summed E-state index contributed by atoms with van der Waals surface area (Å²) >= 11 is 0. The van der Waals surface area contributed by atoms with Crippen molar-refractivity contribution in [2.45, 2.75) is 32.7 Å². The molecule has 0 unspecified atom stereocenters. The molecule has 4 heteroatoms. The summed E-state index contributed by atoms with van der Waals surface area (Å²) < 4.78 is 10.1. The van der Waals surface area contributed by atoms with E-state index in [0.717, 1.165) is 6.42 Å². The second-order valence-corrected chi connectivity index (χ2v) is 5.67. The molecule has 112 valence electrons. The van der Waals surface area contributed by atoms with E-state index in [4.69, 9.17) is 9.47 Å². The van der Waals surface area contributed by atoms with Crippen molar-refractivity contribution in [1.82, 2.24) is 4.90 Å². The van der Waals surface area contributed by atoms with Gasteiger partial charge in [0.05, 0.1) is 6.61 Å². The van der Waals surface area contributed by atoms with E-state index in [1.165, 1.54) is 5.56 Å². The second-order valence-electron chi connectivity index (χ2n) is 5.67. The summed E-state index contributed by atoms with van der Waals surface area (Å²) in [4.78, 5) is 13.9. The molecule has 0 N–H and O–H groups in total. The normalized spacial score (nSPS) is 11.2. The molecule has 1 aromatic carbocycles. The summed E-state index contributed by atoms with van der Waals surface area (Å²) in [6, 6.07) is 10.1. The first kappa shape index (κ1) is 16.5. The van der Waals surface area contributed by atoms with E-state index in [9.17, 15) is 4.79 Å². The quantitative estimate of drug-likeness (QED) is 0.751. The first-order valence-electron chi connectivity index (χ1n) is 6.92. The van der Waals surface area contributed by atoms with Crippen molar-refractivity contribution >= 4 is 6.09 Å².